The summed E-state index contributed by atoms with van der Waals surface area (Å²) in [6.07, 6.45) is 3.54. The van der Waals surface area contributed by atoms with Gasteiger partial charge in [0.05, 0.1) is 11.9 Å². The largest absolute Gasteiger partial charge is 0.356 e. The van der Waals surface area contributed by atoms with Gasteiger partial charge < -0.3 is 5.32 Å². The summed E-state index contributed by atoms with van der Waals surface area (Å²) in [5.41, 5.74) is 2.88. The molecule has 0 aromatic heterocycles. The summed E-state index contributed by atoms with van der Waals surface area (Å²) in [6.45, 7) is 2.86. The normalized spacial score (nSPS) is 11.2. The van der Waals surface area contributed by atoms with E-state index in [9.17, 15) is 13.2 Å². The number of benzene rings is 2. The molecule has 0 saturated carbocycles. The van der Waals surface area contributed by atoms with Crippen molar-refractivity contribution in [3.8, 4) is 0 Å². The molecule has 28 heavy (non-hydrogen) atoms. The molecule has 7 heteroatoms. The quantitative estimate of drug-likeness (QED) is 0.633. The van der Waals surface area contributed by atoms with E-state index >= 15 is 0 Å². The number of anilines is 1. The molecule has 0 spiro atoms. The zero-order valence-corrected chi connectivity index (χ0v) is 17.9. The molecule has 0 aliphatic heterocycles. The van der Waals surface area contributed by atoms with Crippen LogP contribution in [0.25, 0.3) is 0 Å². The minimum absolute atomic E-state index is 0.0799. The highest BCUT2D eigenvalue weighted by atomic mass is 35.5. The zero-order valence-electron chi connectivity index (χ0n) is 16.3. The van der Waals surface area contributed by atoms with Gasteiger partial charge in [0.2, 0.25) is 15.9 Å². The Morgan fingerprint density at radius 3 is 2.21 bits per heavy atom. The van der Waals surface area contributed by atoms with Gasteiger partial charge in [-0.15, -0.1) is 0 Å². The van der Waals surface area contributed by atoms with E-state index < -0.39 is 10.0 Å². The zero-order chi connectivity index (χ0) is 20.6. The number of carbonyl (C=O) groups is 1. The highest BCUT2D eigenvalue weighted by molar-refractivity contribution is 7.92. The van der Waals surface area contributed by atoms with Crippen molar-refractivity contribution in [2.45, 2.75) is 32.6 Å². The third-order valence-electron chi connectivity index (χ3n) is 4.45. The van der Waals surface area contributed by atoms with E-state index in [1.807, 2.05) is 48.5 Å². The molecule has 0 atom stereocenters. The van der Waals surface area contributed by atoms with E-state index in [0.29, 0.717) is 23.7 Å². The molecule has 1 N–H and O–H groups in total. The number of sulfonamides is 1. The van der Waals surface area contributed by atoms with Crippen LogP contribution < -0.4 is 9.62 Å². The lowest BCUT2D eigenvalue weighted by Gasteiger charge is -2.22. The summed E-state index contributed by atoms with van der Waals surface area (Å²) in [6, 6.07) is 15.0. The maximum atomic E-state index is 12.1. The van der Waals surface area contributed by atoms with E-state index in [-0.39, 0.29) is 18.9 Å². The molecule has 152 valence electrons. The summed E-state index contributed by atoms with van der Waals surface area (Å²) in [4.78, 5) is 12.0. The predicted molar refractivity (Wildman–Crippen MR) is 115 cm³/mol. The van der Waals surface area contributed by atoms with Crippen molar-refractivity contribution in [1.82, 2.24) is 5.32 Å². The Morgan fingerprint density at radius 1 is 1.04 bits per heavy atom. The average Bonchev–Trinajstić information content (AvgIpc) is 2.66. The SMILES string of the molecule is CCc1ccc(N(CCCC(=O)NCCc2ccc(Cl)cc2)S(C)(=O)=O)cc1. The number of hydrogen-bond acceptors (Lipinski definition) is 3. The minimum atomic E-state index is -3.40. The molecule has 0 radical (unpaired) electrons. The van der Waals surface area contributed by atoms with Crippen molar-refractivity contribution in [2.75, 3.05) is 23.7 Å². The average molecular weight is 423 g/mol. The Kier molecular flexibility index (Phi) is 8.33. The van der Waals surface area contributed by atoms with E-state index in [0.717, 1.165) is 24.0 Å². The number of amides is 1. The molecule has 0 aliphatic rings. The number of hydrogen-bond donors (Lipinski definition) is 1. The van der Waals surface area contributed by atoms with Gasteiger partial charge in [-0.05, 0) is 54.7 Å². The van der Waals surface area contributed by atoms with Crippen LogP contribution >= 0.6 is 11.6 Å². The molecule has 0 saturated heterocycles. The molecule has 0 fully saturated rings. The topological polar surface area (TPSA) is 66.5 Å². The smallest absolute Gasteiger partial charge is 0.232 e. The van der Waals surface area contributed by atoms with Crippen LogP contribution in [0.4, 0.5) is 5.69 Å². The van der Waals surface area contributed by atoms with E-state index in [4.69, 9.17) is 11.6 Å². The van der Waals surface area contributed by atoms with Gasteiger partial charge in [0.1, 0.15) is 0 Å². The molecular formula is C21H27ClN2O3S. The molecule has 2 aromatic carbocycles. The van der Waals surface area contributed by atoms with Gasteiger partial charge in [-0.3, -0.25) is 9.10 Å². The number of nitrogens with zero attached hydrogens (tertiary/aromatic N) is 1. The third-order valence-corrected chi connectivity index (χ3v) is 5.89. The summed E-state index contributed by atoms with van der Waals surface area (Å²) >= 11 is 5.85. The van der Waals surface area contributed by atoms with E-state index in [1.54, 1.807) is 0 Å². The van der Waals surface area contributed by atoms with Crippen molar-refractivity contribution in [1.29, 1.82) is 0 Å². The predicted octanol–water partition coefficient (Wildman–Crippen LogP) is 3.81. The molecule has 1 amide bonds. The van der Waals surface area contributed by atoms with E-state index in [1.165, 1.54) is 10.6 Å². The molecule has 0 bridgehead atoms. The molecule has 0 unspecified atom stereocenters. The molecule has 0 heterocycles. The van der Waals surface area contributed by atoms with Gasteiger partial charge in [-0.1, -0.05) is 42.8 Å². The second-order valence-corrected chi connectivity index (χ2v) is 9.03. The molecular weight excluding hydrogens is 396 g/mol. The van der Waals surface area contributed by atoms with Gasteiger partial charge in [0.25, 0.3) is 0 Å². The minimum Gasteiger partial charge on any atom is -0.356 e. The van der Waals surface area contributed by atoms with Crippen LogP contribution in [0.3, 0.4) is 0 Å². The summed E-state index contributed by atoms with van der Waals surface area (Å²) in [7, 11) is -3.40. The van der Waals surface area contributed by atoms with Crippen molar-refractivity contribution < 1.29 is 13.2 Å². The number of rotatable bonds is 10. The number of aryl methyl sites for hydroxylation is 1. The lowest BCUT2D eigenvalue weighted by molar-refractivity contribution is -0.121. The number of halogens is 1. The Balaban J connectivity index is 1.80. The fourth-order valence-corrected chi connectivity index (χ4v) is 3.94. The summed E-state index contributed by atoms with van der Waals surface area (Å²) in [5, 5.41) is 3.56. The third kappa shape index (κ3) is 7.17. The summed E-state index contributed by atoms with van der Waals surface area (Å²) < 4.78 is 25.6. The Morgan fingerprint density at radius 2 is 1.64 bits per heavy atom. The Bertz CT molecular complexity index is 866. The van der Waals surface area contributed by atoms with Crippen LogP contribution in [-0.4, -0.2) is 33.7 Å². The van der Waals surface area contributed by atoms with Gasteiger partial charge in [-0.25, -0.2) is 8.42 Å². The van der Waals surface area contributed by atoms with Gasteiger partial charge in [0, 0.05) is 24.5 Å². The van der Waals surface area contributed by atoms with Crippen LogP contribution in [0.15, 0.2) is 48.5 Å². The van der Waals surface area contributed by atoms with E-state index in [2.05, 4.69) is 12.2 Å². The highest BCUT2D eigenvalue weighted by Crippen LogP contribution is 2.19. The summed E-state index contributed by atoms with van der Waals surface area (Å²) in [5.74, 6) is -0.0799. The number of carbonyl (C=O) groups excluding carboxylic acids is 1. The lowest BCUT2D eigenvalue weighted by atomic mass is 10.1. The first-order chi connectivity index (χ1) is 13.3. The van der Waals surface area contributed by atoms with Crippen LogP contribution in [0.5, 0.6) is 0 Å². The van der Waals surface area contributed by atoms with Gasteiger partial charge in [0.15, 0.2) is 0 Å². The van der Waals surface area contributed by atoms with Crippen LogP contribution in [-0.2, 0) is 27.7 Å². The van der Waals surface area contributed by atoms with Gasteiger partial charge in [-0.2, -0.15) is 0 Å². The number of nitrogens with one attached hydrogen (secondary N) is 1. The molecule has 0 aliphatic carbocycles. The first kappa shape index (κ1) is 22.2. The first-order valence-electron chi connectivity index (χ1n) is 9.37. The lowest BCUT2D eigenvalue weighted by Crippen LogP contribution is -2.32. The van der Waals surface area contributed by atoms with Gasteiger partial charge >= 0.3 is 0 Å². The first-order valence-corrected chi connectivity index (χ1v) is 11.6. The molecule has 2 rings (SSSR count). The fraction of sp³-hybridized carbons (Fsp3) is 0.381. The standard InChI is InChI=1S/C21H27ClN2O3S/c1-3-17-8-12-20(13-9-17)24(28(2,26)27)16-4-5-21(25)23-15-14-18-6-10-19(22)11-7-18/h6-13H,3-5,14-16H2,1-2H3,(H,23,25). The second kappa shape index (κ2) is 10.5. The Labute approximate surface area is 172 Å². The van der Waals surface area contributed by atoms with Crippen molar-refractivity contribution in [2.24, 2.45) is 0 Å². The maximum Gasteiger partial charge on any atom is 0.232 e. The van der Waals surface area contributed by atoms with Crippen LogP contribution in [0.2, 0.25) is 5.02 Å². The van der Waals surface area contributed by atoms with Crippen molar-refractivity contribution in [3.05, 3.63) is 64.7 Å². The van der Waals surface area contributed by atoms with Crippen LogP contribution in [0, 0.1) is 0 Å². The maximum absolute atomic E-state index is 12.1. The molecule has 2 aromatic rings. The van der Waals surface area contributed by atoms with Crippen molar-refractivity contribution >= 4 is 33.2 Å². The molecule has 5 nitrogen and oxygen atoms in total. The van der Waals surface area contributed by atoms with Crippen LogP contribution in [0.1, 0.15) is 30.9 Å². The van der Waals surface area contributed by atoms with Crippen molar-refractivity contribution in [3.63, 3.8) is 0 Å². The fourth-order valence-electron chi connectivity index (χ4n) is 2.85. The monoisotopic (exact) mass is 422 g/mol. The second-order valence-electron chi connectivity index (χ2n) is 6.69. The highest BCUT2D eigenvalue weighted by Gasteiger charge is 2.17. The Hall–Kier alpha value is -2.05.